The smallest absolute Gasteiger partial charge is 0.0661 e. The first-order valence-corrected chi connectivity index (χ1v) is 9.01. The molecule has 0 aliphatic carbocycles. The van der Waals surface area contributed by atoms with Gasteiger partial charge < -0.3 is 10.2 Å². The van der Waals surface area contributed by atoms with Crippen LogP contribution in [0.2, 0.25) is 0 Å². The lowest BCUT2D eigenvalue weighted by Gasteiger charge is -2.30. The molecular weight excluding hydrogens is 322 g/mol. The van der Waals surface area contributed by atoms with Crippen molar-refractivity contribution in [3.05, 3.63) is 89.0 Å². The molecule has 0 unspecified atom stereocenters. The number of aliphatic hydroxyl groups excluding tert-OH is 2. The van der Waals surface area contributed by atoms with Crippen LogP contribution in [0.15, 0.2) is 72.3 Å². The van der Waals surface area contributed by atoms with Gasteiger partial charge in [-0.15, -0.1) is 0 Å². The molecule has 1 aliphatic rings. The molecule has 4 rings (SSSR count). The van der Waals surface area contributed by atoms with E-state index in [4.69, 9.17) is 0 Å². The zero-order valence-electron chi connectivity index (χ0n) is 14.7. The summed E-state index contributed by atoms with van der Waals surface area (Å²) in [6.07, 6.45) is 2.05. The molecule has 0 spiro atoms. The molecule has 132 valence electrons. The van der Waals surface area contributed by atoms with Gasteiger partial charge in [-0.2, -0.15) is 0 Å². The Hall–Kier alpha value is -2.46. The van der Waals surface area contributed by atoms with Gasteiger partial charge in [0.1, 0.15) is 0 Å². The Morgan fingerprint density at radius 1 is 0.885 bits per heavy atom. The molecule has 1 heterocycles. The molecule has 0 aromatic heterocycles. The van der Waals surface area contributed by atoms with Crippen LogP contribution in [0.5, 0.6) is 0 Å². The van der Waals surface area contributed by atoms with Gasteiger partial charge in [-0.05, 0) is 33.0 Å². The summed E-state index contributed by atoms with van der Waals surface area (Å²) in [5.74, 6) is 0. The topological polar surface area (TPSA) is 43.7 Å². The zero-order valence-corrected chi connectivity index (χ0v) is 14.7. The van der Waals surface area contributed by atoms with E-state index in [1.54, 1.807) is 0 Å². The van der Waals surface area contributed by atoms with E-state index < -0.39 is 0 Å². The molecule has 1 aliphatic heterocycles. The van der Waals surface area contributed by atoms with E-state index in [1.807, 2.05) is 24.3 Å². The summed E-state index contributed by atoms with van der Waals surface area (Å²) in [6.45, 7) is 1.40. The molecule has 26 heavy (non-hydrogen) atoms. The lowest BCUT2D eigenvalue weighted by molar-refractivity contribution is 0.124. The number of fused-ring (bicyclic) bond motifs is 3. The normalized spacial score (nSPS) is 17.6. The molecular formula is C23H23NO2. The quantitative estimate of drug-likeness (QED) is 0.759. The third kappa shape index (κ3) is 3.17. The maximum atomic E-state index is 10.1. The highest BCUT2D eigenvalue weighted by atomic mass is 16.3. The monoisotopic (exact) mass is 345 g/mol. The van der Waals surface area contributed by atoms with Gasteiger partial charge in [-0.25, -0.2) is 0 Å². The predicted molar refractivity (Wildman–Crippen MR) is 106 cm³/mol. The van der Waals surface area contributed by atoms with Crippen LogP contribution >= 0.6 is 0 Å². The molecule has 0 saturated carbocycles. The summed E-state index contributed by atoms with van der Waals surface area (Å²) in [4.78, 5) is 2.26. The largest absolute Gasteiger partial charge is 0.394 e. The Morgan fingerprint density at radius 3 is 2.42 bits per heavy atom. The van der Waals surface area contributed by atoms with Crippen molar-refractivity contribution in [1.82, 2.24) is 4.90 Å². The Kier molecular flexibility index (Phi) is 4.85. The maximum absolute atomic E-state index is 10.1. The summed E-state index contributed by atoms with van der Waals surface area (Å²) in [5.41, 5.74) is 4.44. The summed E-state index contributed by atoms with van der Waals surface area (Å²) in [6, 6.07) is 22.7. The second-order valence-corrected chi connectivity index (χ2v) is 6.82. The van der Waals surface area contributed by atoms with Gasteiger partial charge in [0, 0.05) is 13.1 Å². The van der Waals surface area contributed by atoms with Gasteiger partial charge >= 0.3 is 0 Å². The van der Waals surface area contributed by atoms with E-state index in [2.05, 4.69) is 53.4 Å². The van der Waals surface area contributed by atoms with Crippen molar-refractivity contribution < 1.29 is 10.2 Å². The number of hydrogen-bond acceptors (Lipinski definition) is 3. The second kappa shape index (κ2) is 7.42. The first kappa shape index (κ1) is 17.0. The van der Waals surface area contributed by atoms with Crippen molar-refractivity contribution in [2.24, 2.45) is 0 Å². The lowest BCUT2D eigenvalue weighted by atomic mass is 9.98. The van der Waals surface area contributed by atoms with Crippen LogP contribution in [0, 0.1) is 0 Å². The van der Waals surface area contributed by atoms with E-state index >= 15 is 0 Å². The molecule has 0 fully saturated rings. The average Bonchev–Trinajstić information content (AvgIpc) is 2.84. The van der Waals surface area contributed by atoms with Gasteiger partial charge in [0.2, 0.25) is 0 Å². The van der Waals surface area contributed by atoms with E-state index in [0.717, 1.165) is 24.2 Å². The Balaban J connectivity index is 1.82. The molecule has 3 aromatic carbocycles. The first-order chi connectivity index (χ1) is 12.8. The number of rotatable bonds is 4. The minimum atomic E-state index is -0.189. The molecule has 0 bridgehead atoms. The van der Waals surface area contributed by atoms with Crippen LogP contribution in [0.25, 0.3) is 16.8 Å². The summed E-state index contributed by atoms with van der Waals surface area (Å²) < 4.78 is 0. The highest BCUT2D eigenvalue weighted by molar-refractivity contribution is 5.89. The zero-order chi connectivity index (χ0) is 17.9. The number of hydrogen-bond donors (Lipinski definition) is 2. The Labute approximate surface area is 153 Å². The van der Waals surface area contributed by atoms with E-state index in [9.17, 15) is 10.2 Å². The highest BCUT2D eigenvalue weighted by Gasteiger charge is 2.26. The molecule has 1 atom stereocenters. The summed E-state index contributed by atoms with van der Waals surface area (Å²) in [7, 11) is 0. The molecule has 0 saturated heterocycles. The van der Waals surface area contributed by atoms with E-state index in [-0.39, 0.29) is 19.3 Å². The molecule has 0 radical (unpaired) electrons. The van der Waals surface area contributed by atoms with Crippen molar-refractivity contribution in [1.29, 1.82) is 0 Å². The van der Waals surface area contributed by atoms with E-state index in [1.165, 1.54) is 21.9 Å². The SMILES string of the molecule is OCC1=Cc2ccc3ccccc3c2CN(Cc2ccccc2)[C@H]1CO. The van der Waals surface area contributed by atoms with Crippen LogP contribution in [0.1, 0.15) is 16.7 Å². The second-order valence-electron chi connectivity index (χ2n) is 6.82. The van der Waals surface area contributed by atoms with E-state index in [0.29, 0.717) is 0 Å². The Bertz CT molecular complexity index is 933. The fourth-order valence-electron chi connectivity index (χ4n) is 3.88. The van der Waals surface area contributed by atoms with Gasteiger partial charge in [0.15, 0.2) is 0 Å². The van der Waals surface area contributed by atoms with Gasteiger partial charge in [0.05, 0.1) is 19.3 Å². The molecule has 3 heteroatoms. The number of aliphatic hydroxyl groups is 2. The van der Waals surface area contributed by atoms with Crippen molar-refractivity contribution in [3.63, 3.8) is 0 Å². The third-order valence-electron chi connectivity index (χ3n) is 5.23. The van der Waals surface area contributed by atoms with Gasteiger partial charge in [0.25, 0.3) is 0 Å². The summed E-state index contributed by atoms with van der Waals surface area (Å²) >= 11 is 0. The lowest BCUT2D eigenvalue weighted by Crippen LogP contribution is -2.38. The Morgan fingerprint density at radius 2 is 1.65 bits per heavy atom. The fourth-order valence-corrected chi connectivity index (χ4v) is 3.88. The molecule has 0 amide bonds. The third-order valence-corrected chi connectivity index (χ3v) is 5.23. The van der Waals surface area contributed by atoms with Crippen molar-refractivity contribution in [2.75, 3.05) is 13.2 Å². The maximum Gasteiger partial charge on any atom is 0.0661 e. The average molecular weight is 345 g/mol. The molecule has 2 N–H and O–H groups in total. The van der Waals surface area contributed by atoms with Crippen LogP contribution in [-0.2, 0) is 13.1 Å². The number of nitrogens with zero attached hydrogens (tertiary/aromatic N) is 1. The van der Waals surface area contributed by atoms with Crippen molar-refractivity contribution in [2.45, 2.75) is 19.1 Å². The minimum absolute atomic E-state index is 0.00878. The highest BCUT2D eigenvalue weighted by Crippen LogP contribution is 2.31. The molecule has 3 nitrogen and oxygen atoms in total. The minimum Gasteiger partial charge on any atom is -0.394 e. The molecule has 3 aromatic rings. The standard InChI is InChI=1S/C23H23NO2/c25-15-20-12-19-11-10-18-8-4-5-9-21(18)22(19)14-24(23(20)16-26)13-17-6-2-1-3-7-17/h1-12,23,25-26H,13-16H2/t23-/m0/s1. The van der Waals surface area contributed by atoms with Crippen LogP contribution in [0.4, 0.5) is 0 Å². The fraction of sp³-hybridized carbons (Fsp3) is 0.217. The van der Waals surface area contributed by atoms with Crippen LogP contribution < -0.4 is 0 Å². The van der Waals surface area contributed by atoms with Gasteiger partial charge in [-0.3, -0.25) is 4.90 Å². The number of benzene rings is 3. The summed E-state index contributed by atoms with van der Waals surface area (Å²) in [5, 5.41) is 22.4. The van der Waals surface area contributed by atoms with Crippen LogP contribution in [0.3, 0.4) is 0 Å². The van der Waals surface area contributed by atoms with Gasteiger partial charge in [-0.1, -0.05) is 72.8 Å². The van der Waals surface area contributed by atoms with Crippen molar-refractivity contribution in [3.8, 4) is 0 Å². The predicted octanol–water partition coefficient (Wildman–Crippen LogP) is 3.59. The van der Waals surface area contributed by atoms with Crippen molar-refractivity contribution >= 4 is 16.8 Å². The first-order valence-electron chi connectivity index (χ1n) is 9.01. The van der Waals surface area contributed by atoms with Crippen LogP contribution in [-0.4, -0.2) is 34.4 Å².